The molecule has 3 aliphatic rings. The molecule has 0 spiro atoms. The lowest BCUT2D eigenvalue weighted by Gasteiger charge is -2.56. The number of nitrogen functional groups attached to an aromatic ring is 1. The molecule has 3 fully saturated rings. The summed E-state index contributed by atoms with van der Waals surface area (Å²) in [6, 6.07) is 5.26. The molecule has 0 radical (unpaired) electrons. The summed E-state index contributed by atoms with van der Waals surface area (Å²) >= 11 is 0. The first-order valence-electron chi connectivity index (χ1n) is 6.93. The van der Waals surface area contributed by atoms with Crippen LogP contribution in [0.4, 0.5) is 14.5 Å². The number of alkyl halides is 1. The third kappa shape index (κ3) is 2.03. The van der Waals surface area contributed by atoms with E-state index in [1.165, 1.54) is 12.1 Å². The predicted octanol–water partition coefficient (Wildman–Crippen LogP) is 2.39. The molecule has 1 saturated carbocycles. The molecule has 2 saturated heterocycles. The fourth-order valence-corrected chi connectivity index (χ4v) is 4.14. The lowest BCUT2D eigenvalue weighted by molar-refractivity contribution is -0.103. The van der Waals surface area contributed by atoms with Gasteiger partial charge in [0.1, 0.15) is 0 Å². The molecule has 0 aromatic heterocycles. The molecule has 4 rings (SSSR count). The normalized spacial score (nSPS) is 32.5. The lowest BCUT2D eigenvalue weighted by atomic mass is 9.71. The highest BCUT2D eigenvalue weighted by molar-refractivity contribution is 7.18. The Labute approximate surface area is 120 Å². The highest BCUT2D eigenvalue weighted by atomic mass is 31.0. The zero-order chi connectivity index (χ0) is 14.5. The molecule has 2 bridgehead atoms. The van der Waals surface area contributed by atoms with Gasteiger partial charge < -0.3 is 5.73 Å². The van der Waals surface area contributed by atoms with Crippen molar-refractivity contribution in [2.75, 3.05) is 12.8 Å². The number of rotatable bonds is 3. The topological polar surface area (TPSA) is 41.3 Å². The van der Waals surface area contributed by atoms with Gasteiger partial charge in [-0.3, -0.25) is 5.43 Å². The van der Waals surface area contributed by atoms with E-state index in [2.05, 4.69) is 19.7 Å². The number of anilines is 1. The first kappa shape index (κ1) is 14.2. The number of nitrogens with two attached hydrogens (primary N) is 1. The summed E-state index contributed by atoms with van der Waals surface area (Å²) in [5.41, 5.74) is 8.77. The Bertz CT molecular complexity index is 511. The largest absolute Gasteiger partial charge is 0.396 e. The summed E-state index contributed by atoms with van der Waals surface area (Å²) in [6.07, 6.45) is 2.55. The van der Waals surface area contributed by atoms with E-state index < -0.39 is 11.2 Å². The second kappa shape index (κ2) is 4.90. The van der Waals surface area contributed by atoms with E-state index in [1.807, 2.05) is 7.05 Å². The van der Waals surface area contributed by atoms with E-state index in [0.29, 0.717) is 12.1 Å². The molecule has 2 heterocycles. The van der Waals surface area contributed by atoms with Crippen LogP contribution in [0.25, 0.3) is 0 Å². The number of hydrazine groups is 1. The molecule has 2 aliphatic heterocycles. The summed E-state index contributed by atoms with van der Waals surface area (Å²) in [5.74, 6) is -0.827. The molecule has 1 aliphatic carbocycles. The number of benzene rings is 1. The summed E-state index contributed by atoms with van der Waals surface area (Å²) in [5, 5.41) is 0.420. The van der Waals surface area contributed by atoms with Crippen LogP contribution in [0, 0.1) is 11.7 Å². The smallest absolute Gasteiger partial charge is 0.154 e. The van der Waals surface area contributed by atoms with Crippen molar-refractivity contribution in [3.05, 3.63) is 29.6 Å². The molecular formula is C14H20F2N3P. The maximum atomic E-state index is 15.2. The Morgan fingerprint density at radius 2 is 2.00 bits per heavy atom. The van der Waals surface area contributed by atoms with E-state index >= 15 is 4.39 Å². The fraction of sp³-hybridized carbons (Fsp3) is 0.571. The Kier molecular flexibility index (Phi) is 3.47. The first-order chi connectivity index (χ1) is 9.45. The molecule has 3 nitrogen and oxygen atoms in total. The van der Waals surface area contributed by atoms with Crippen LogP contribution in [0.1, 0.15) is 24.8 Å². The van der Waals surface area contributed by atoms with Crippen LogP contribution in [-0.4, -0.2) is 24.1 Å². The average molecular weight is 299 g/mol. The third-order valence-electron chi connectivity index (χ3n) is 4.74. The quantitative estimate of drug-likeness (QED) is 0.665. The van der Waals surface area contributed by atoms with Gasteiger partial charge in [0.2, 0.25) is 0 Å². The van der Waals surface area contributed by atoms with Gasteiger partial charge >= 0.3 is 0 Å². The monoisotopic (exact) mass is 299 g/mol. The number of nitrogens with zero attached hydrogens (tertiary/aromatic N) is 1. The third-order valence-corrected chi connectivity index (χ3v) is 5.52. The van der Waals surface area contributed by atoms with Crippen molar-refractivity contribution in [3.63, 3.8) is 0 Å². The maximum Gasteiger partial charge on any atom is 0.154 e. The van der Waals surface area contributed by atoms with Crippen molar-refractivity contribution < 1.29 is 8.78 Å². The van der Waals surface area contributed by atoms with Crippen molar-refractivity contribution in [1.82, 2.24) is 10.4 Å². The standard InChI is InChI=1S/C14H20F2N3P/c1-18-19-9-5-8(6-10(19)7-9)14(16,20)11-3-2-4-12(17)13(11)15/h2-4,8-10,18H,5-7,17,20H2,1H3. The number of hydrogen-bond donors (Lipinski definition) is 2. The van der Waals surface area contributed by atoms with Gasteiger partial charge in [-0.05, 0) is 32.4 Å². The molecule has 110 valence electrons. The van der Waals surface area contributed by atoms with Crippen molar-refractivity contribution in [1.29, 1.82) is 0 Å². The Balaban J connectivity index is 1.84. The van der Waals surface area contributed by atoms with Gasteiger partial charge in [0.25, 0.3) is 0 Å². The van der Waals surface area contributed by atoms with Crippen LogP contribution in [0.15, 0.2) is 18.2 Å². The number of hydrogen-bond acceptors (Lipinski definition) is 3. The molecular weight excluding hydrogens is 279 g/mol. The second-order valence-electron chi connectivity index (χ2n) is 5.82. The van der Waals surface area contributed by atoms with E-state index in [0.717, 1.165) is 19.3 Å². The van der Waals surface area contributed by atoms with Gasteiger partial charge in [-0.15, -0.1) is 0 Å². The van der Waals surface area contributed by atoms with Gasteiger partial charge in [0.05, 0.1) is 5.69 Å². The van der Waals surface area contributed by atoms with E-state index in [1.54, 1.807) is 6.07 Å². The van der Waals surface area contributed by atoms with Gasteiger partial charge in [-0.25, -0.2) is 13.8 Å². The molecule has 1 aromatic carbocycles. The number of halogens is 2. The summed E-state index contributed by atoms with van der Waals surface area (Å²) < 4.78 is 29.3. The van der Waals surface area contributed by atoms with Crippen molar-refractivity contribution in [2.45, 2.75) is 36.8 Å². The van der Waals surface area contributed by atoms with E-state index in [-0.39, 0.29) is 17.2 Å². The number of fused-ring (bicyclic) bond motifs is 2. The van der Waals surface area contributed by atoms with Gasteiger partial charge in [0, 0.05) is 23.6 Å². The van der Waals surface area contributed by atoms with Crippen molar-refractivity contribution in [3.8, 4) is 0 Å². The zero-order valence-corrected chi connectivity index (χ0v) is 12.6. The summed E-state index contributed by atoms with van der Waals surface area (Å²) in [7, 11) is 4.11. The van der Waals surface area contributed by atoms with Crippen LogP contribution in [0.2, 0.25) is 0 Å². The average Bonchev–Trinajstić information content (AvgIpc) is 2.42. The minimum atomic E-state index is -1.75. The number of nitrogens with one attached hydrogen (secondary N) is 1. The Morgan fingerprint density at radius 1 is 1.35 bits per heavy atom. The molecule has 4 unspecified atom stereocenters. The SMILES string of the molecule is CNN1C2CC1CC(C(F)(P)c1cccc(N)c1F)C2. The summed E-state index contributed by atoms with van der Waals surface area (Å²) in [6.45, 7) is 0. The molecule has 1 aromatic rings. The van der Waals surface area contributed by atoms with E-state index in [4.69, 9.17) is 5.73 Å². The van der Waals surface area contributed by atoms with Gasteiger partial charge in [-0.1, -0.05) is 21.4 Å². The van der Waals surface area contributed by atoms with Crippen LogP contribution in [-0.2, 0) is 5.41 Å². The minimum absolute atomic E-state index is 0.00444. The fourth-order valence-electron chi connectivity index (χ4n) is 3.65. The second-order valence-corrected chi connectivity index (χ2v) is 6.66. The first-order valence-corrected chi connectivity index (χ1v) is 7.50. The molecule has 20 heavy (non-hydrogen) atoms. The maximum absolute atomic E-state index is 15.2. The minimum Gasteiger partial charge on any atom is -0.396 e. The van der Waals surface area contributed by atoms with Crippen LogP contribution in [0.5, 0.6) is 0 Å². The Morgan fingerprint density at radius 3 is 2.60 bits per heavy atom. The molecule has 4 atom stereocenters. The van der Waals surface area contributed by atoms with Gasteiger partial charge in [0.15, 0.2) is 11.2 Å². The van der Waals surface area contributed by atoms with Crippen molar-refractivity contribution >= 4 is 14.9 Å². The molecule has 0 amide bonds. The Hall–Kier alpha value is -0.770. The summed E-state index contributed by atoms with van der Waals surface area (Å²) in [4.78, 5) is 0. The van der Waals surface area contributed by atoms with Crippen LogP contribution < -0.4 is 11.2 Å². The number of piperidine rings is 1. The predicted molar refractivity (Wildman–Crippen MR) is 79.1 cm³/mol. The highest BCUT2D eigenvalue weighted by Crippen LogP contribution is 2.52. The molecule has 6 heteroatoms. The zero-order valence-electron chi connectivity index (χ0n) is 11.4. The van der Waals surface area contributed by atoms with Gasteiger partial charge in [-0.2, -0.15) is 0 Å². The molecule has 3 N–H and O–H groups in total. The lowest BCUT2D eigenvalue weighted by Crippen LogP contribution is -2.66. The highest BCUT2D eigenvalue weighted by Gasteiger charge is 2.51. The van der Waals surface area contributed by atoms with E-state index in [9.17, 15) is 4.39 Å². The van der Waals surface area contributed by atoms with Crippen LogP contribution >= 0.6 is 9.24 Å². The van der Waals surface area contributed by atoms with Crippen molar-refractivity contribution in [2.24, 2.45) is 5.92 Å². The van der Waals surface area contributed by atoms with Crippen LogP contribution in [0.3, 0.4) is 0 Å².